The molecule has 0 aromatic heterocycles. The molecule has 2 saturated heterocycles. The van der Waals surface area contributed by atoms with E-state index in [4.69, 9.17) is 18.9 Å². The summed E-state index contributed by atoms with van der Waals surface area (Å²) in [5, 5.41) is 0. The number of ether oxygens (including phenoxy) is 4. The van der Waals surface area contributed by atoms with Crippen molar-refractivity contribution in [3.63, 3.8) is 0 Å². The predicted octanol–water partition coefficient (Wildman–Crippen LogP) is 6.23. The van der Waals surface area contributed by atoms with Crippen LogP contribution >= 0.6 is 0 Å². The Hall–Kier alpha value is -0.300. The van der Waals surface area contributed by atoms with Crippen LogP contribution in [0.25, 0.3) is 0 Å². The number of hydrogen-bond donors (Lipinski definition) is 0. The Morgan fingerprint density at radius 1 is 0.536 bits per heavy atom. The highest BCUT2D eigenvalue weighted by Gasteiger charge is 2.56. The first-order valence-electron chi connectivity index (χ1n) is 10.1. The van der Waals surface area contributed by atoms with Gasteiger partial charge < -0.3 is 9.47 Å². The first kappa shape index (κ1) is 25.7. The van der Waals surface area contributed by atoms with E-state index in [1.807, 2.05) is 41.5 Å². The van der Waals surface area contributed by atoms with Crippen LogP contribution in [0.5, 0.6) is 0 Å². The van der Waals surface area contributed by atoms with Crippen LogP contribution in [0.4, 0.5) is 8.78 Å². The van der Waals surface area contributed by atoms with Gasteiger partial charge in [0.2, 0.25) is 0 Å². The molecule has 4 atom stereocenters. The molecule has 28 heavy (non-hydrogen) atoms. The average Bonchev–Trinajstić information content (AvgIpc) is 3.00. The maximum atomic E-state index is 13.1. The first-order valence-corrected chi connectivity index (χ1v) is 10.1. The topological polar surface area (TPSA) is 36.9 Å². The van der Waals surface area contributed by atoms with Crippen LogP contribution in [0.2, 0.25) is 0 Å². The predicted molar refractivity (Wildman–Crippen MR) is 107 cm³/mol. The zero-order valence-electron chi connectivity index (χ0n) is 19.9. The number of alkyl halides is 2. The zero-order valence-corrected chi connectivity index (χ0v) is 19.9. The van der Waals surface area contributed by atoms with Gasteiger partial charge in [-0.15, -0.1) is 8.78 Å². The van der Waals surface area contributed by atoms with E-state index in [1.165, 1.54) is 0 Å². The number of hydrogen-bond acceptors (Lipinski definition) is 4. The van der Waals surface area contributed by atoms with Crippen molar-refractivity contribution in [1.82, 2.24) is 0 Å². The Bertz CT molecular complexity index is 463. The molecule has 0 N–H and O–H groups in total. The van der Waals surface area contributed by atoms with Crippen LogP contribution in [-0.4, -0.2) is 37.5 Å². The fourth-order valence-corrected chi connectivity index (χ4v) is 3.48. The molecule has 0 aliphatic carbocycles. The van der Waals surface area contributed by atoms with Crippen molar-refractivity contribution in [3.05, 3.63) is 0 Å². The molecule has 2 aliphatic heterocycles. The maximum Gasteiger partial charge on any atom is 0.486 e. The van der Waals surface area contributed by atoms with Crippen LogP contribution in [0.15, 0.2) is 0 Å². The van der Waals surface area contributed by atoms with Crippen molar-refractivity contribution in [1.29, 1.82) is 0 Å². The molecule has 4 unspecified atom stereocenters. The number of rotatable bonds is 0. The third-order valence-corrected chi connectivity index (χ3v) is 4.99. The van der Waals surface area contributed by atoms with Gasteiger partial charge in [-0.05, 0) is 21.7 Å². The highest BCUT2D eigenvalue weighted by molar-refractivity contribution is 4.93. The largest absolute Gasteiger partial charge is 0.486 e. The van der Waals surface area contributed by atoms with Crippen LogP contribution in [0.1, 0.15) is 83.1 Å². The highest BCUT2D eigenvalue weighted by atomic mass is 19.3. The fraction of sp³-hybridized carbons (Fsp3) is 1.00. The lowest BCUT2D eigenvalue weighted by Crippen LogP contribution is -2.42. The molecule has 2 fully saturated rings. The quantitative estimate of drug-likeness (QED) is 0.476. The minimum absolute atomic E-state index is 0.161. The van der Waals surface area contributed by atoms with E-state index >= 15 is 0 Å². The van der Waals surface area contributed by atoms with Crippen molar-refractivity contribution < 1.29 is 27.7 Å². The molecule has 0 radical (unpaired) electrons. The molecule has 0 bridgehead atoms. The van der Waals surface area contributed by atoms with E-state index in [-0.39, 0.29) is 33.9 Å². The summed E-state index contributed by atoms with van der Waals surface area (Å²) in [6.07, 6.45) is -4.20. The van der Waals surface area contributed by atoms with E-state index in [9.17, 15) is 8.78 Å². The van der Waals surface area contributed by atoms with Crippen molar-refractivity contribution in [2.24, 2.45) is 21.7 Å². The average molecular weight is 409 g/mol. The molecule has 0 aromatic carbocycles. The second-order valence-electron chi connectivity index (χ2n) is 12.3. The van der Waals surface area contributed by atoms with Gasteiger partial charge in [0.05, 0.1) is 24.4 Å². The third-order valence-electron chi connectivity index (χ3n) is 4.99. The van der Waals surface area contributed by atoms with Crippen molar-refractivity contribution in [2.75, 3.05) is 6.79 Å². The van der Waals surface area contributed by atoms with Crippen LogP contribution in [-0.2, 0) is 18.9 Å². The van der Waals surface area contributed by atoms with E-state index in [0.29, 0.717) is 6.79 Å². The van der Waals surface area contributed by atoms with E-state index in [1.54, 1.807) is 0 Å². The summed E-state index contributed by atoms with van der Waals surface area (Å²) in [5.41, 5.74) is -0.404. The van der Waals surface area contributed by atoms with E-state index < -0.39 is 18.5 Å². The van der Waals surface area contributed by atoms with Gasteiger partial charge in [0, 0.05) is 0 Å². The second kappa shape index (κ2) is 8.09. The van der Waals surface area contributed by atoms with Gasteiger partial charge in [0.1, 0.15) is 6.79 Å². The molecule has 168 valence electrons. The Morgan fingerprint density at radius 2 is 0.786 bits per heavy atom. The Labute approximate surface area is 170 Å². The molecular formula is C22H42F2O4. The molecule has 6 heteroatoms. The lowest BCUT2D eigenvalue weighted by Gasteiger charge is -2.36. The van der Waals surface area contributed by atoms with Crippen molar-refractivity contribution in [3.8, 4) is 0 Å². The minimum atomic E-state index is -3.45. The maximum absolute atomic E-state index is 13.1. The zero-order chi connectivity index (χ0) is 22.3. The minimum Gasteiger partial charge on any atom is -0.349 e. The Balaban J connectivity index is 0.000000283. The van der Waals surface area contributed by atoms with Crippen LogP contribution < -0.4 is 0 Å². The molecule has 2 heterocycles. The second-order valence-corrected chi connectivity index (χ2v) is 12.3. The summed E-state index contributed by atoms with van der Waals surface area (Å²) in [5.74, 6) is 0. The van der Waals surface area contributed by atoms with Gasteiger partial charge in [0.25, 0.3) is 0 Å². The SMILES string of the molecule is CC(C)(C)C1OC(F)(F)OC1C(C)(C)C.CC(C)(C)C1OCOC1C(C)(C)C. The smallest absolute Gasteiger partial charge is 0.349 e. The molecular weight excluding hydrogens is 366 g/mol. The summed E-state index contributed by atoms with van der Waals surface area (Å²) in [7, 11) is 0. The lowest BCUT2D eigenvalue weighted by atomic mass is 9.76. The summed E-state index contributed by atoms with van der Waals surface area (Å²) < 4.78 is 46.8. The van der Waals surface area contributed by atoms with E-state index in [0.717, 1.165) is 0 Å². The normalized spacial score (nSPS) is 31.5. The van der Waals surface area contributed by atoms with E-state index in [2.05, 4.69) is 41.5 Å². The number of halogens is 2. The molecule has 0 aromatic rings. The van der Waals surface area contributed by atoms with Crippen molar-refractivity contribution >= 4 is 0 Å². The molecule has 0 spiro atoms. The summed E-state index contributed by atoms with van der Waals surface area (Å²) in [4.78, 5) is 0. The Morgan fingerprint density at radius 3 is 1.00 bits per heavy atom. The monoisotopic (exact) mass is 408 g/mol. The highest BCUT2D eigenvalue weighted by Crippen LogP contribution is 2.45. The summed E-state index contributed by atoms with van der Waals surface area (Å²) >= 11 is 0. The molecule has 2 aliphatic rings. The van der Waals surface area contributed by atoms with Gasteiger partial charge in [0.15, 0.2) is 0 Å². The molecule has 0 saturated carbocycles. The third kappa shape index (κ3) is 6.89. The lowest BCUT2D eigenvalue weighted by molar-refractivity contribution is -0.357. The fourth-order valence-electron chi connectivity index (χ4n) is 3.48. The first-order chi connectivity index (χ1) is 12.2. The molecule has 4 nitrogen and oxygen atoms in total. The van der Waals surface area contributed by atoms with Crippen LogP contribution in [0.3, 0.4) is 0 Å². The molecule has 2 rings (SSSR count). The van der Waals surface area contributed by atoms with Gasteiger partial charge in [-0.3, -0.25) is 9.47 Å². The summed E-state index contributed by atoms with van der Waals surface area (Å²) in [6.45, 7) is 24.9. The summed E-state index contributed by atoms with van der Waals surface area (Å²) in [6, 6.07) is 0. The van der Waals surface area contributed by atoms with Crippen LogP contribution in [0, 0.1) is 21.7 Å². The van der Waals surface area contributed by atoms with Gasteiger partial charge in [-0.2, -0.15) is 0 Å². The van der Waals surface area contributed by atoms with Crippen molar-refractivity contribution in [2.45, 2.75) is 114 Å². The van der Waals surface area contributed by atoms with Gasteiger partial charge >= 0.3 is 6.29 Å². The van der Waals surface area contributed by atoms with Gasteiger partial charge in [-0.1, -0.05) is 83.1 Å². The standard InChI is InChI=1S/C11H20F2O2.C11H22O2/c1-9(2,3)7-8(10(4,5)6)15-11(12,13)14-7;1-10(2,3)8-9(11(4,5)6)13-7-12-8/h7-8H,1-6H3;8-9H,7H2,1-6H3. The molecule has 0 amide bonds. The Kier molecular flexibility index (Phi) is 7.43. The van der Waals surface area contributed by atoms with Gasteiger partial charge in [-0.25, -0.2) is 0 Å².